The van der Waals surface area contributed by atoms with Crippen LogP contribution in [0.1, 0.15) is 34.1 Å². The second kappa shape index (κ2) is 9.67. The van der Waals surface area contributed by atoms with Gasteiger partial charge in [0.2, 0.25) is 0 Å². The molecule has 1 atom stereocenters. The molecule has 0 saturated heterocycles. The number of carbonyl (C=O) groups excluding carboxylic acids is 1. The van der Waals surface area contributed by atoms with Crippen LogP contribution in [-0.2, 0) is 9.53 Å². The van der Waals surface area contributed by atoms with Crippen molar-refractivity contribution in [1.82, 2.24) is 0 Å². The van der Waals surface area contributed by atoms with Crippen LogP contribution in [0.2, 0.25) is 0 Å². The maximum atomic E-state index is 11.2. The molecule has 0 spiro atoms. The van der Waals surface area contributed by atoms with Crippen molar-refractivity contribution in [3.05, 3.63) is 12.2 Å². The van der Waals surface area contributed by atoms with Gasteiger partial charge in [0, 0.05) is 12.0 Å². The molecule has 0 saturated carbocycles. The zero-order valence-corrected chi connectivity index (χ0v) is 11.6. The summed E-state index contributed by atoms with van der Waals surface area (Å²) < 4.78 is 5.20. The molecular weight excluding hydrogens is 226 g/mol. The molecule has 0 amide bonds. The minimum absolute atomic E-state index is 0. The van der Waals surface area contributed by atoms with Gasteiger partial charge in [-0.25, -0.2) is 4.79 Å². The Labute approximate surface area is 105 Å². The molecule has 1 unspecified atom stereocenters. The number of esters is 1. The monoisotopic (exact) mass is 249 g/mol. The Morgan fingerprint density at radius 2 is 1.88 bits per heavy atom. The average molecular weight is 250 g/mol. The van der Waals surface area contributed by atoms with E-state index in [0.29, 0.717) is 5.57 Å². The van der Waals surface area contributed by atoms with Gasteiger partial charge in [-0.2, -0.15) is 0 Å². The molecule has 0 aliphatic carbocycles. The molecule has 0 radical (unpaired) electrons. The van der Waals surface area contributed by atoms with Crippen molar-refractivity contribution in [1.29, 1.82) is 0 Å². The van der Waals surface area contributed by atoms with E-state index in [0.717, 1.165) is 26.1 Å². The van der Waals surface area contributed by atoms with Crippen LogP contribution in [0.25, 0.3) is 0 Å². The molecule has 0 aliphatic heterocycles. The Hall–Kier alpha value is -0.540. The van der Waals surface area contributed by atoms with Gasteiger partial charge < -0.3 is 22.0 Å². The maximum absolute atomic E-state index is 11.2. The highest BCUT2D eigenvalue weighted by atomic mass is 35.5. The number of nitrogens with one attached hydrogen (secondary N) is 1. The fraction of sp³-hybridized carbons (Fsp3) is 0.750. The number of rotatable bonds is 7. The van der Waals surface area contributed by atoms with Gasteiger partial charge in [-0.05, 0) is 27.7 Å². The third kappa shape index (κ3) is 7.71. The van der Waals surface area contributed by atoms with Crippen LogP contribution in [-0.4, -0.2) is 31.7 Å². The van der Waals surface area contributed by atoms with Crippen LogP contribution in [0.4, 0.5) is 0 Å². The Kier molecular flexibility index (Phi) is 10.8. The third-order valence-electron chi connectivity index (χ3n) is 2.56. The number of hydrogen-bond donors (Lipinski definition) is 1. The minimum atomic E-state index is -0.281. The van der Waals surface area contributed by atoms with Crippen molar-refractivity contribution in [2.24, 2.45) is 0 Å². The molecule has 1 N–H and O–H groups in total. The fourth-order valence-corrected chi connectivity index (χ4v) is 1.35. The van der Waals surface area contributed by atoms with Gasteiger partial charge in [-0.15, -0.1) is 0 Å². The summed E-state index contributed by atoms with van der Waals surface area (Å²) in [7, 11) is 0. The normalized spacial score (nSPS) is 11.8. The number of ether oxygens (including phenoxy) is 1. The van der Waals surface area contributed by atoms with E-state index in [1.807, 2.05) is 6.92 Å². The first-order valence-electron chi connectivity index (χ1n) is 5.71. The van der Waals surface area contributed by atoms with E-state index in [1.54, 1.807) is 6.92 Å². The molecule has 0 aromatic heterocycles. The number of hydrogen-bond acceptors (Lipinski definition) is 2. The lowest BCUT2D eigenvalue weighted by molar-refractivity contribution is -0.896. The lowest BCUT2D eigenvalue weighted by atomic mass is 10.2. The first kappa shape index (κ1) is 17.8. The average Bonchev–Trinajstić information content (AvgIpc) is 2.19. The van der Waals surface area contributed by atoms with Crippen molar-refractivity contribution in [2.45, 2.75) is 40.2 Å². The highest BCUT2D eigenvalue weighted by Crippen LogP contribution is 2.00. The number of quaternary nitrogens is 1. The number of halogens is 1. The minimum Gasteiger partial charge on any atom is -1.00 e. The summed E-state index contributed by atoms with van der Waals surface area (Å²) in [6.45, 7) is 14.8. The Bertz CT molecular complexity index is 215. The van der Waals surface area contributed by atoms with Crippen molar-refractivity contribution >= 4 is 5.97 Å². The largest absolute Gasteiger partial charge is 1.00 e. The van der Waals surface area contributed by atoms with Crippen LogP contribution >= 0.6 is 0 Å². The van der Waals surface area contributed by atoms with E-state index in [4.69, 9.17) is 4.74 Å². The maximum Gasteiger partial charge on any atom is 0.333 e. The summed E-state index contributed by atoms with van der Waals surface area (Å²) >= 11 is 0. The lowest BCUT2D eigenvalue weighted by Crippen LogP contribution is -3.11. The molecule has 0 aromatic carbocycles. The SMILES string of the molecule is C=C(C)C(=O)OC(C)CC[NH+](CC)CC.[Cl-]. The second-order valence-corrected chi connectivity index (χ2v) is 3.99. The van der Waals surface area contributed by atoms with Gasteiger partial charge in [-0.3, -0.25) is 0 Å². The van der Waals surface area contributed by atoms with Crippen LogP contribution in [0.3, 0.4) is 0 Å². The molecule has 0 aliphatic rings. The molecule has 0 rings (SSSR count). The van der Waals surface area contributed by atoms with E-state index in [-0.39, 0.29) is 24.5 Å². The predicted molar refractivity (Wildman–Crippen MR) is 61.9 cm³/mol. The van der Waals surface area contributed by atoms with Crippen molar-refractivity contribution in [3.8, 4) is 0 Å². The molecule has 0 bridgehead atoms. The summed E-state index contributed by atoms with van der Waals surface area (Å²) in [6.07, 6.45) is 0.901. The summed E-state index contributed by atoms with van der Waals surface area (Å²) in [6, 6.07) is 0. The molecule has 3 nitrogen and oxygen atoms in total. The Morgan fingerprint density at radius 1 is 1.38 bits per heavy atom. The van der Waals surface area contributed by atoms with E-state index >= 15 is 0 Å². The van der Waals surface area contributed by atoms with Gasteiger partial charge in [-0.1, -0.05) is 6.58 Å². The van der Waals surface area contributed by atoms with Gasteiger partial charge in [0.1, 0.15) is 6.10 Å². The highest BCUT2D eigenvalue weighted by Gasteiger charge is 2.12. The molecule has 4 heteroatoms. The molecule has 0 heterocycles. The second-order valence-electron chi connectivity index (χ2n) is 3.99. The zero-order chi connectivity index (χ0) is 11.8. The van der Waals surface area contributed by atoms with Crippen molar-refractivity contribution in [2.75, 3.05) is 19.6 Å². The molecule has 96 valence electrons. The van der Waals surface area contributed by atoms with Gasteiger partial charge >= 0.3 is 5.97 Å². The zero-order valence-electron chi connectivity index (χ0n) is 10.8. The Balaban J connectivity index is 0. The van der Waals surface area contributed by atoms with Crippen LogP contribution in [0.15, 0.2) is 12.2 Å². The third-order valence-corrected chi connectivity index (χ3v) is 2.56. The standard InChI is InChI=1S/C12H23NO2.ClH/c1-6-13(7-2)9-8-11(5)15-12(14)10(3)4;/h11H,3,6-9H2,1-2,4-5H3;1H. The van der Waals surface area contributed by atoms with Gasteiger partial charge in [0.05, 0.1) is 19.6 Å². The molecule has 0 aromatic rings. The van der Waals surface area contributed by atoms with E-state index < -0.39 is 0 Å². The first-order valence-corrected chi connectivity index (χ1v) is 5.71. The summed E-state index contributed by atoms with van der Waals surface area (Å²) in [4.78, 5) is 12.7. The van der Waals surface area contributed by atoms with Crippen molar-refractivity contribution in [3.63, 3.8) is 0 Å². The van der Waals surface area contributed by atoms with Gasteiger partial charge in [0.25, 0.3) is 0 Å². The van der Waals surface area contributed by atoms with E-state index in [2.05, 4.69) is 20.4 Å². The van der Waals surface area contributed by atoms with E-state index in [9.17, 15) is 4.79 Å². The van der Waals surface area contributed by atoms with Crippen molar-refractivity contribution < 1.29 is 26.8 Å². The lowest BCUT2D eigenvalue weighted by Gasteiger charge is -2.18. The summed E-state index contributed by atoms with van der Waals surface area (Å²) in [5.74, 6) is -0.281. The quantitative estimate of drug-likeness (QED) is 0.411. The van der Waals surface area contributed by atoms with E-state index in [1.165, 1.54) is 4.90 Å². The predicted octanol–water partition coefficient (Wildman–Crippen LogP) is -2.19. The highest BCUT2D eigenvalue weighted by molar-refractivity contribution is 5.87. The number of carbonyl (C=O) groups is 1. The molecule has 0 fully saturated rings. The molecular formula is C12H24ClNO2. The fourth-order valence-electron chi connectivity index (χ4n) is 1.35. The van der Waals surface area contributed by atoms with Crippen LogP contribution in [0, 0.1) is 0 Å². The van der Waals surface area contributed by atoms with Gasteiger partial charge in [0.15, 0.2) is 0 Å². The smallest absolute Gasteiger partial charge is 0.333 e. The topological polar surface area (TPSA) is 30.7 Å². The van der Waals surface area contributed by atoms with Crippen LogP contribution in [0.5, 0.6) is 0 Å². The Morgan fingerprint density at radius 3 is 2.25 bits per heavy atom. The summed E-state index contributed by atoms with van der Waals surface area (Å²) in [5.41, 5.74) is 0.469. The molecule has 16 heavy (non-hydrogen) atoms. The van der Waals surface area contributed by atoms with Crippen LogP contribution < -0.4 is 17.3 Å². The summed E-state index contributed by atoms with van der Waals surface area (Å²) in [5, 5.41) is 0. The first-order chi connectivity index (χ1) is 7.01.